The zero-order valence-corrected chi connectivity index (χ0v) is 6.73. The van der Waals surface area contributed by atoms with Gasteiger partial charge in [0.05, 0.1) is 0 Å². The van der Waals surface area contributed by atoms with Crippen molar-refractivity contribution in [2.75, 3.05) is 13.2 Å². The number of halogens is 1. The van der Waals surface area contributed by atoms with Gasteiger partial charge >= 0.3 is 0 Å². The van der Waals surface area contributed by atoms with Crippen molar-refractivity contribution in [3.05, 3.63) is 11.6 Å². The Morgan fingerprint density at radius 3 is 2.70 bits per heavy atom. The fourth-order valence-corrected chi connectivity index (χ4v) is 0.553. The first-order valence-corrected chi connectivity index (χ1v) is 3.62. The first-order chi connectivity index (χ1) is 4.70. The second-order valence-corrected chi connectivity index (χ2v) is 2.76. The van der Waals surface area contributed by atoms with Crippen molar-refractivity contribution >= 4 is 0 Å². The maximum atomic E-state index is 11.8. The highest BCUT2D eigenvalue weighted by Gasteiger charge is 1.95. The quantitative estimate of drug-likeness (QED) is 0.600. The molecule has 0 aromatic rings. The zero-order chi connectivity index (χ0) is 7.98. The molecular formula is C8H16FN. The molecule has 0 radical (unpaired) electrons. The monoisotopic (exact) mass is 145 g/mol. The number of rotatable bonds is 4. The highest BCUT2D eigenvalue weighted by molar-refractivity contribution is 4.98. The molecule has 0 amide bonds. The van der Waals surface area contributed by atoms with E-state index in [1.807, 2.05) is 6.08 Å². The summed E-state index contributed by atoms with van der Waals surface area (Å²) in [6, 6.07) is 0. The molecule has 0 saturated carbocycles. The van der Waals surface area contributed by atoms with Crippen LogP contribution in [0, 0.1) is 5.92 Å². The molecule has 2 heteroatoms. The summed E-state index contributed by atoms with van der Waals surface area (Å²) < 4.78 is 11.8. The molecule has 0 heterocycles. The first kappa shape index (κ1) is 9.63. The van der Waals surface area contributed by atoms with E-state index < -0.39 is 0 Å². The minimum Gasteiger partial charge on any atom is -0.330 e. The average molecular weight is 145 g/mol. The van der Waals surface area contributed by atoms with Crippen molar-refractivity contribution in [1.29, 1.82) is 0 Å². The van der Waals surface area contributed by atoms with Gasteiger partial charge in [0.2, 0.25) is 0 Å². The maximum Gasteiger partial charge on any atom is 0.110 e. The van der Waals surface area contributed by atoms with Crippen LogP contribution in [0.2, 0.25) is 0 Å². The van der Waals surface area contributed by atoms with Crippen molar-refractivity contribution in [3.63, 3.8) is 0 Å². The zero-order valence-electron chi connectivity index (χ0n) is 6.73. The predicted molar refractivity (Wildman–Crippen MR) is 42.6 cm³/mol. The largest absolute Gasteiger partial charge is 0.330 e. The summed E-state index contributed by atoms with van der Waals surface area (Å²) in [6.45, 7) is 4.19. The molecule has 1 unspecified atom stereocenters. The van der Waals surface area contributed by atoms with Crippen LogP contribution in [0.1, 0.15) is 20.3 Å². The minimum absolute atomic E-state index is 0.336. The molecule has 1 atom stereocenters. The van der Waals surface area contributed by atoms with E-state index in [1.165, 1.54) is 0 Å². The van der Waals surface area contributed by atoms with Crippen molar-refractivity contribution in [2.24, 2.45) is 11.7 Å². The van der Waals surface area contributed by atoms with Gasteiger partial charge in [-0.2, -0.15) is 0 Å². The Kier molecular flexibility index (Phi) is 5.22. The summed E-state index contributed by atoms with van der Waals surface area (Å²) in [5.74, 6) is 0.474. The summed E-state index contributed by atoms with van der Waals surface area (Å²) in [4.78, 5) is 0. The van der Waals surface area contributed by atoms with Crippen molar-refractivity contribution in [3.8, 4) is 0 Å². The Labute approximate surface area is 62.1 Å². The predicted octanol–water partition coefficient (Wildman–Crippen LogP) is 1.89. The average Bonchev–Trinajstić information content (AvgIpc) is 1.99. The van der Waals surface area contributed by atoms with E-state index in [4.69, 9.17) is 5.73 Å². The van der Waals surface area contributed by atoms with Crippen LogP contribution >= 0.6 is 0 Å². The fraction of sp³-hybridized carbons (Fsp3) is 0.750. The Balaban J connectivity index is 3.50. The van der Waals surface area contributed by atoms with Gasteiger partial charge in [-0.15, -0.1) is 0 Å². The Morgan fingerprint density at radius 2 is 2.30 bits per heavy atom. The topological polar surface area (TPSA) is 26.0 Å². The van der Waals surface area contributed by atoms with E-state index >= 15 is 0 Å². The third-order valence-electron chi connectivity index (χ3n) is 1.48. The Morgan fingerprint density at radius 1 is 1.70 bits per heavy atom. The Hall–Kier alpha value is -0.370. The molecule has 0 saturated heterocycles. The van der Waals surface area contributed by atoms with E-state index in [-0.39, 0.29) is 6.67 Å². The number of nitrogens with two attached hydrogens (primary N) is 1. The van der Waals surface area contributed by atoms with Crippen molar-refractivity contribution in [1.82, 2.24) is 0 Å². The molecule has 0 aliphatic heterocycles. The van der Waals surface area contributed by atoms with Gasteiger partial charge in [-0.25, -0.2) is 4.39 Å². The SMILES string of the molecule is CC(=CCC(C)CN)CF. The van der Waals surface area contributed by atoms with Gasteiger partial charge in [-0.1, -0.05) is 13.0 Å². The van der Waals surface area contributed by atoms with Gasteiger partial charge in [0.1, 0.15) is 6.67 Å². The molecule has 0 fully saturated rings. The lowest BCUT2D eigenvalue weighted by Gasteiger charge is -2.03. The second-order valence-electron chi connectivity index (χ2n) is 2.76. The molecule has 0 aromatic carbocycles. The number of hydrogen-bond acceptors (Lipinski definition) is 1. The molecule has 60 valence electrons. The lowest BCUT2D eigenvalue weighted by Crippen LogP contribution is -2.09. The van der Waals surface area contributed by atoms with Gasteiger partial charge in [-0.05, 0) is 31.4 Å². The standard InChI is InChI=1S/C8H16FN/c1-7(5-9)3-4-8(2)6-10/h3,8H,4-6,10H2,1-2H3. The van der Waals surface area contributed by atoms with Crippen LogP contribution < -0.4 is 5.73 Å². The summed E-state index contributed by atoms with van der Waals surface area (Å²) in [5.41, 5.74) is 6.18. The van der Waals surface area contributed by atoms with Crippen molar-refractivity contribution in [2.45, 2.75) is 20.3 Å². The van der Waals surface area contributed by atoms with Gasteiger partial charge in [0, 0.05) is 0 Å². The highest BCUT2D eigenvalue weighted by Crippen LogP contribution is 2.03. The second kappa shape index (κ2) is 5.42. The van der Waals surface area contributed by atoms with Gasteiger partial charge in [0.15, 0.2) is 0 Å². The van der Waals surface area contributed by atoms with Crippen LogP contribution in [-0.2, 0) is 0 Å². The third-order valence-corrected chi connectivity index (χ3v) is 1.48. The van der Waals surface area contributed by atoms with E-state index in [0.29, 0.717) is 12.5 Å². The molecule has 0 spiro atoms. The molecular weight excluding hydrogens is 129 g/mol. The molecule has 2 N–H and O–H groups in total. The molecule has 1 nitrogen and oxygen atoms in total. The number of hydrogen-bond donors (Lipinski definition) is 1. The van der Waals surface area contributed by atoms with Crippen LogP contribution in [0.5, 0.6) is 0 Å². The number of allylic oxidation sites excluding steroid dienone is 2. The van der Waals surface area contributed by atoms with Crippen LogP contribution in [0.25, 0.3) is 0 Å². The van der Waals surface area contributed by atoms with Gasteiger partial charge < -0.3 is 5.73 Å². The lowest BCUT2D eigenvalue weighted by molar-refractivity contribution is 0.537. The summed E-state index contributed by atoms with van der Waals surface area (Å²) in [7, 11) is 0. The summed E-state index contributed by atoms with van der Waals surface area (Å²) in [6.07, 6.45) is 2.81. The smallest absolute Gasteiger partial charge is 0.110 e. The van der Waals surface area contributed by atoms with Crippen LogP contribution in [0.3, 0.4) is 0 Å². The van der Waals surface area contributed by atoms with Crippen LogP contribution in [-0.4, -0.2) is 13.2 Å². The van der Waals surface area contributed by atoms with E-state index in [1.54, 1.807) is 6.92 Å². The normalized spacial score (nSPS) is 15.4. The first-order valence-electron chi connectivity index (χ1n) is 3.62. The minimum atomic E-state index is -0.336. The fourth-order valence-electron chi connectivity index (χ4n) is 0.553. The van der Waals surface area contributed by atoms with Gasteiger partial charge in [0.25, 0.3) is 0 Å². The Bertz CT molecular complexity index is 110. The van der Waals surface area contributed by atoms with E-state index in [2.05, 4.69) is 6.92 Å². The third kappa shape index (κ3) is 4.50. The highest BCUT2D eigenvalue weighted by atomic mass is 19.1. The van der Waals surface area contributed by atoms with E-state index in [0.717, 1.165) is 12.0 Å². The van der Waals surface area contributed by atoms with Crippen molar-refractivity contribution < 1.29 is 4.39 Å². The maximum absolute atomic E-state index is 11.8. The molecule has 0 rings (SSSR count). The van der Waals surface area contributed by atoms with Crippen LogP contribution in [0.15, 0.2) is 11.6 Å². The molecule has 0 aliphatic carbocycles. The summed E-state index contributed by atoms with van der Waals surface area (Å²) in [5, 5.41) is 0. The molecule has 0 bridgehead atoms. The van der Waals surface area contributed by atoms with Crippen LogP contribution in [0.4, 0.5) is 4.39 Å². The number of alkyl halides is 1. The molecule has 0 aliphatic rings. The molecule has 0 aromatic heterocycles. The van der Waals surface area contributed by atoms with E-state index in [9.17, 15) is 4.39 Å². The lowest BCUT2D eigenvalue weighted by atomic mass is 10.1. The van der Waals surface area contributed by atoms with Gasteiger partial charge in [-0.3, -0.25) is 0 Å². The summed E-state index contributed by atoms with van der Waals surface area (Å²) >= 11 is 0. The molecule has 10 heavy (non-hydrogen) atoms.